The van der Waals surface area contributed by atoms with Gasteiger partial charge in [-0.15, -0.1) is 10.2 Å². The lowest BCUT2D eigenvalue weighted by Gasteiger charge is -2.27. The molecule has 0 spiro atoms. The van der Waals surface area contributed by atoms with Gasteiger partial charge >= 0.3 is 6.09 Å². The van der Waals surface area contributed by atoms with E-state index in [0.717, 1.165) is 31.2 Å². The van der Waals surface area contributed by atoms with Crippen molar-refractivity contribution in [3.05, 3.63) is 76.0 Å². The van der Waals surface area contributed by atoms with Crippen LogP contribution in [0, 0.1) is 0 Å². The van der Waals surface area contributed by atoms with E-state index in [-0.39, 0.29) is 18.7 Å². The molecule has 0 N–H and O–H groups in total. The molecule has 0 saturated carbocycles. The van der Waals surface area contributed by atoms with Crippen LogP contribution >= 0.6 is 23.2 Å². The second kappa shape index (κ2) is 10.1. The van der Waals surface area contributed by atoms with Crippen molar-refractivity contribution in [3.63, 3.8) is 0 Å². The lowest BCUT2D eigenvalue weighted by atomic mass is 10.0. The molecule has 0 aliphatic carbocycles. The number of benzene rings is 2. The fourth-order valence-electron chi connectivity index (χ4n) is 3.89. The molecule has 1 aliphatic heterocycles. The summed E-state index contributed by atoms with van der Waals surface area (Å²) >= 11 is 12.2. The second-order valence-electron chi connectivity index (χ2n) is 7.55. The van der Waals surface area contributed by atoms with Crippen LogP contribution in [0.5, 0.6) is 0 Å². The number of carbonyl (C=O) groups is 1. The Bertz CT molecular complexity index is 1000. The number of carbonyl (C=O) groups excluding carboxylic acids is 1. The zero-order valence-corrected chi connectivity index (χ0v) is 18.4. The van der Waals surface area contributed by atoms with Crippen LogP contribution in [0.3, 0.4) is 0 Å². The van der Waals surface area contributed by atoms with Crippen molar-refractivity contribution < 1.29 is 9.53 Å². The van der Waals surface area contributed by atoms with E-state index in [1.807, 2.05) is 23.1 Å². The van der Waals surface area contributed by atoms with Gasteiger partial charge in [0, 0.05) is 12.6 Å². The molecule has 7 nitrogen and oxygen atoms in total. The van der Waals surface area contributed by atoms with E-state index in [0.29, 0.717) is 16.6 Å². The van der Waals surface area contributed by atoms with Crippen LogP contribution in [-0.4, -0.2) is 43.8 Å². The summed E-state index contributed by atoms with van der Waals surface area (Å²) in [4.78, 5) is 16.3. The van der Waals surface area contributed by atoms with Gasteiger partial charge in [0.15, 0.2) is 12.4 Å². The van der Waals surface area contributed by atoms with Crippen LogP contribution < -0.4 is 0 Å². The van der Waals surface area contributed by atoms with Gasteiger partial charge in [0.05, 0.1) is 10.0 Å². The van der Waals surface area contributed by atoms with Crippen molar-refractivity contribution in [2.24, 2.45) is 0 Å². The first kappa shape index (κ1) is 21.6. The molecule has 1 unspecified atom stereocenters. The number of ether oxygens (including phenoxy) is 1. The van der Waals surface area contributed by atoms with Crippen molar-refractivity contribution in [3.8, 4) is 0 Å². The van der Waals surface area contributed by atoms with E-state index in [2.05, 4.69) is 27.5 Å². The summed E-state index contributed by atoms with van der Waals surface area (Å²) in [6.07, 6.45) is 4.16. The molecule has 0 radical (unpaired) electrons. The molecule has 2 atom stereocenters. The molecule has 1 fully saturated rings. The Hall–Kier alpha value is -2.64. The average Bonchev–Trinajstić information content (AvgIpc) is 3.46. The molecule has 0 bridgehead atoms. The summed E-state index contributed by atoms with van der Waals surface area (Å²) in [5.41, 5.74) is 1.99. The molecule has 4 rings (SSSR count). The van der Waals surface area contributed by atoms with E-state index in [1.54, 1.807) is 18.2 Å². The first-order valence-electron chi connectivity index (χ1n) is 10.3. The molecule has 2 heterocycles. The first-order chi connectivity index (χ1) is 15.1. The SMILES string of the molecule is O=C(OC(Cn1ncnn1)c1ccc(Cl)c(Cl)c1)N1CCC[C@@H]1CCc1ccccc1. The molecule has 162 valence electrons. The zero-order chi connectivity index (χ0) is 21.6. The maximum Gasteiger partial charge on any atom is 0.410 e. The third-order valence-electron chi connectivity index (χ3n) is 5.50. The Morgan fingerprint density at radius 3 is 2.74 bits per heavy atom. The summed E-state index contributed by atoms with van der Waals surface area (Å²) in [7, 11) is 0. The lowest BCUT2D eigenvalue weighted by molar-refractivity contribution is 0.0468. The number of likely N-dealkylation sites (tertiary alicyclic amines) is 1. The van der Waals surface area contributed by atoms with Gasteiger partial charge < -0.3 is 9.64 Å². The van der Waals surface area contributed by atoms with Gasteiger partial charge in [-0.05, 0) is 54.2 Å². The average molecular weight is 460 g/mol. The standard InChI is InChI=1S/C22H23Cl2N5O2/c23-19-11-9-17(13-20(19)24)21(14-29-26-15-25-27-29)31-22(30)28-12-4-7-18(28)10-8-16-5-2-1-3-6-16/h1-3,5-6,9,11,13,15,18,21H,4,7-8,10,12,14H2/t18-,21?/m1/s1. The van der Waals surface area contributed by atoms with Gasteiger partial charge in [-0.3, -0.25) is 0 Å². The van der Waals surface area contributed by atoms with Crippen LogP contribution in [-0.2, 0) is 17.7 Å². The van der Waals surface area contributed by atoms with Gasteiger partial charge in [0.1, 0.15) is 6.54 Å². The highest BCUT2D eigenvalue weighted by atomic mass is 35.5. The van der Waals surface area contributed by atoms with Crippen LogP contribution in [0.15, 0.2) is 54.9 Å². The van der Waals surface area contributed by atoms with Crippen molar-refractivity contribution in [1.29, 1.82) is 0 Å². The number of aromatic nitrogens is 4. The predicted molar refractivity (Wildman–Crippen MR) is 118 cm³/mol. The number of rotatable bonds is 7. The molecule has 3 aromatic rings. The molecule has 31 heavy (non-hydrogen) atoms. The number of aryl methyl sites for hydroxylation is 1. The van der Waals surface area contributed by atoms with Gasteiger partial charge in [-0.1, -0.05) is 59.6 Å². The van der Waals surface area contributed by atoms with E-state index in [4.69, 9.17) is 27.9 Å². The number of tetrazole rings is 1. The third kappa shape index (κ3) is 5.54. The monoisotopic (exact) mass is 459 g/mol. The van der Waals surface area contributed by atoms with Crippen molar-refractivity contribution in [2.45, 2.75) is 44.4 Å². The molecule has 1 amide bonds. The van der Waals surface area contributed by atoms with Crippen LogP contribution in [0.1, 0.15) is 36.5 Å². The molecule has 9 heteroatoms. The van der Waals surface area contributed by atoms with Crippen molar-refractivity contribution >= 4 is 29.3 Å². The fraction of sp³-hybridized carbons (Fsp3) is 0.364. The fourth-order valence-corrected chi connectivity index (χ4v) is 4.19. The summed E-state index contributed by atoms with van der Waals surface area (Å²) in [6.45, 7) is 0.917. The Labute approximate surface area is 190 Å². The highest BCUT2D eigenvalue weighted by molar-refractivity contribution is 6.42. The number of hydrogen-bond acceptors (Lipinski definition) is 5. The van der Waals surface area contributed by atoms with Crippen LogP contribution in [0.2, 0.25) is 10.0 Å². The minimum atomic E-state index is -0.619. The molecular weight excluding hydrogens is 437 g/mol. The summed E-state index contributed by atoms with van der Waals surface area (Å²) in [5.74, 6) is 0. The second-order valence-corrected chi connectivity index (χ2v) is 8.36. The van der Waals surface area contributed by atoms with E-state index in [1.165, 1.54) is 16.7 Å². The largest absolute Gasteiger partial charge is 0.439 e. The highest BCUT2D eigenvalue weighted by Crippen LogP contribution is 2.30. The minimum Gasteiger partial charge on any atom is -0.439 e. The quantitative estimate of drug-likeness (QED) is 0.499. The number of hydrogen-bond donors (Lipinski definition) is 0. The lowest BCUT2D eigenvalue weighted by Crippen LogP contribution is -2.37. The number of amides is 1. The molecular formula is C22H23Cl2N5O2. The minimum absolute atomic E-state index is 0.159. The van der Waals surface area contributed by atoms with Gasteiger partial charge in [-0.25, -0.2) is 4.79 Å². The maximum absolute atomic E-state index is 13.1. The van der Waals surface area contributed by atoms with E-state index >= 15 is 0 Å². The summed E-state index contributed by atoms with van der Waals surface area (Å²) in [5, 5.41) is 12.5. The van der Waals surface area contributed by atoms with Gasteiger partial charge in [0.2, 0.25) is 0 Å². The highest BCUT2D eigenvalue weighted by Gasteiger charge is 2.32. The van der Waals surface area contributed by atoms with Crippen molar-refractivity contribution in [2.75, 3.05) is 6.54 Å². The Morgan fingerprint density at radius 1 is 1.16 bits per heavy atom. The van der Waals surface area contributed by atoms with Crippen LogP contribution in [0.25, 0.3) is 0 Å². The number of nitrogens with zero attached hydrogens (tertiary/aromatic N) is 5. The predicted octanol–water partition coefficient (Wildman–Crippen LogP) is 4.96. The Morgan fingerprint density at radius 2 is 2.00 bits per heavy atom. The third-order valence-corrected chi connectivity index (χ3v) is 6.24. The van der Waals surface area contributed by atoms with Gasteiger partial charge in [0.25, 0.3) is 0 Å². The van der Waals surface area contributed by atoms with E-state index in [9.17, 15) is 4.79 Å². The van der Waals surface area contributed by atoms with Crippen molar-refractivity contribution in [1.82, 2.24) is 25.1 Å². The maximum atomic E-state index is 13.1. The Kier molecular flexibility index (Phi) is 7.04. The topological polar surface area (TPSA) is 73.1 Å². The zero-order valence-electron chi connectivity index (χ0n) is 16.9. The normalized spacial score (nSPS) is 17.0. The molecule has 1 aromatic heterocycles. The van der Waals surface area contributed by atoms with Crippen LogP contribution in [0.4, 0.5) is 4.79 Å². The smallest absolute Gasteiger partial charge is 0.410 e. The molecule has 1 aliphatic rings. The first-order valence-corrected chi connectivity index (χ1v) is 11.0. The van der Waals surface area contributed by atoms with Gasteiger partial charge in [-0.2, -0.15) is 4.80 Å². The molecule has 1 saturated heterocycles. The summed E-state index contributed by atoms with van der Waals surface area (Å²) in [6, 6.07) is 15.7. The Balaban J connectivity index is 1.46. The van der Waals surface area contributed by atoms with E-state index < -0.39 is 6.10 Å². The number of halogens is 2. The summed E-state index contributed by atoms with van der Waals surface area (Å²) < 4.78 is 5.93. The molecule has 2 aromatic carbocycles.